The van der Waals surface area contributed by atoms with Crippen LogP contribution in [0.3, 0.4) is 0 Å². The van der Waals surface area contributed by atoms with Gasteiger partial charge in [-0.1, -0.05) is 36.4 Å². The molecule has 0 bridgehead atoms. The van der Waals surface area contributed by atoms with Crippen LogP contribution < -0.4 is 10.1 Å². The molecule has 0 spiro atoms. The first-order valence-electron chi connectivity index (χ1n) is 10.8. The first kappa shape index (κ1) is 23.9. The van der Waals surface area contributed by atoms with Crippen molar-refractivity contribution in [2.45, 2.75) is 18.0 Å². The van der Waals surface area contributed by atoms with Gasteiger partial charge in [0.25, 0.3) is 5.91 Å². The number of halogens is 1. The summed E-state index contributed by atoms with van der Waals surface area (Å²) < 4.78 is 51.6. The number of benzene rings is 3. The van der Waals surface area contributed by atoms with Crippen molar-refractivity contribution >= 4 is 15.9 Å². The van der Waals surface area contributed by atoms with E-state index in [1.807, 2.05) is 0 Å². The van der Waals surface area contributed by atoms with Gasteiger partial charge >= 0.3 is 0 Å². The Labute approximate surface area is 198 Å². The van der Waals surface area contributed by atoms with Gasteiger partial charge in [-0.05, 0) is 47.5 Å². The Kier molecular flexibility index (Phi) is 7.56. The Balaban J connectivity index is 1.41. The number of rotatable bonds is 8. The van der Waals surface area contributed by atoms with Crippen molar-refractivity contribution in [1.29, 1.82) is 0 Å². The zero-order chi connectivity index (χ0) is 24.0. The van der Waals surface area contributed by atoms with E-state index in [-0.39, 0.29) is 29.8 Å². The highest BCUT2D eigenvalue weighted by molar-refractivity contribution is 7.89. The Morgan fingerprint density at radius 2 is 1.74 bits per heavy atom. The highest BCUT2D eigenvalue weighted by Crippen LogP contribution is 2.22. The van der Waals surface area contributed by atoms with Crippen molar-refractivity contribution in [1.82, 2.24) is 9.62 Å². The first-order valence-corrected chi connectivity index (χ1v) is 12.3. The van der Waals surface area contributed by atoms with Crippen LogP contribution in [0.25, 0.3) is 0 Å². The number of amides is 1. The number of carbonyl (C=O) groups excluding carboxylic acids is 1. The van der Waals surface area contributed by atoms with Crippen molar-refractivity contribution < 1.29 is 27.1 Å². The average Bonchev–Trinajstić information content (AvgIpc) is 2.88. The van der Waals surface area contributed by atoms with Crippen LogP contribution in [0.4, 0.5) is 4.39 Å². The van der Waals surface area contributed by atoms with Crippen LogP contribution in [0, 0.1) is 5.82 Å². The third kappa shape index (κ3) is 5.80. The van der Waals surface area contributed by atoms with E-state index in [0.29, 0.717) is 43.2 Å². The summed E-state index contributed by atoms with van der Waals surface area (Å²) in [6, 6.07) is 19.3. The molecule has 178 valence electrons. The van der Waals surface area contributed by atoms with E-state index in [2.05, 4.69) is 5.32 Å². The summed E-state index contributed by atoms with van der Waals surface area (Å²) in [6.45, 7) is 1.61. The molecule has 1 N–H and O–H groups in total. The fourth-order valence-electron chi connectivity index (χ4n) is 3.58. The lowest BCUT2D eigenvalue weighted by atomic mass is 10.2. The highest BCUT2D eigenvalue weighted by Gasteiger charge is 2.28. The number of ether oxygens (including phenoxy) is 2. The average molecular weight is 485 g/mol. The van der Waals surface area contributed by atoms with Gasteiger partial charge in [-0.15, -0.1) is 0 Å². The zero-order valence-electron chi connectivity index (χ0n) is 18.4. The maximum Gasteiger partial charge on any atom is 0.251 e. The molecule has 1 amide bonds. The van der Waals surface area contributed by atoms with Gasteiger partial charge in [0.05, 0.1) is 18.1 Å². The second-order valence-electron chi connectivity index (χ2n) is 7.75. The molecule has 4 rings (SSSR count). The molecule has 1 aliphatic rings. The lowest BCUT2D eigenvalue weighted by Crippen LogP contribution is -2.41. The monoisotopic (exact) mass is 484 g/mol. The van der Waals surface area contributed by atoms with Crippen LogP contribution in [0.1, 0.15) is 21.5 Å². The van der Waals surface area contributed by atoms with Gasteiger partial charge in [-0.25, -0.2) is 12.8 Å². The summed E-state index contributed by atoms with van der Waals surface area (Å²) in [5.74, 6) is -0.181. The number of hydrogen-bond donors (Lipinski definition) is 1. The predicted molar refractivity (Wildman–Crippen MR) is 124 cm³/mol. The molecule has 1 heterocycles. The molecule has 0 aliphatic carbocycles. The highest BCUT2D eigenvalue weighted by atomic mass is 32.2. The smallest absolute Gasteiger partial charge is 0.251 e. The van der Waals surface area contributed by atoms with Crippen LogP contribution in [-0.2, 0) is 27.9 Å². The van der Waals surface area contributed by atoms with Crippen molar-refractivity contribution in [2.24, 2.45) is 0 Å². The van der Waals surface area contributed by atoms with Gasteiger partial charge in [0.1, 0.15) is 18.2 Å². The van der Waals surface area contributed by atoms with Crippen LogP contribution in [0.5, 0.6) is 5.75 Å². The largest absolute Gasteiger partial charge is 0.489 e. The third-order valence-corrected chi connectivity index (χ3v) is 7.41. The van der Waals surface area contributed by atoms with E-state index >= 15 is 0 Å². The Hall–Kier alpha value is -3.27. The molecule has 0 unspecified atom stereocenters. The first-order chi connectivity index (χ1) is 16.4. The summed E-state index contributed by atoms with van der Waals surface area (Å²) in [4.78, 5) is 12.9. The van der Waals surface area contributed by atoms with Gasteiger partial charge in [-0.2, -0.15) is 4.31 Å². The van der Waals surface area contributed by atoms with E-state index in [1.165, 1.54) is 16.4 Å². The van der Waals surface area contributed by atoms with Gasteiger partial charge in [0.2, 0.25) is 10.0 Å². The second-order valence-corrected chi connectivity index (χ2v) is 9.66. The number of carbonyl (C=O) groups is 1. The molecule has 7 nitrogen and oxygen atoms in total. The van der Waals surface area contributed by atoms with Gasteiger partial charge < -0.3 is 14.8 Å². The van der Waals surface area contributed by atoms with E-state index in [9.17, 15) is 17.6 Å². The van der Waals surface area contributed by atoms with E-state index < -0.39 is 10.0 Å². The summed E-state index contributed by atoms with van der Waals surface area (Å²) >= 11 is 0. The number of hydrogen-bond acceptors (Lipinski definition) is 5. The molecule has 3 aromatic carbocycles. The SMILES string of the molecule is O=C(NCc1ccccc1S(=O)(=O)N1CCOCC1)c1cccc(OCc2ccc(F)cc2)c1. The lowest BCUT2D eigenvalue weighted by molar-refractivity contribution is 0.0730. The summed E-state index contributed by atoms with van der Waals surface area (Å²) in [5, 5.41) is 2.79. The van der Waals surface area contributed by atoms with E-state index in [4.69, 9.17) is 9.47 Å². The van der Waals surface area contributed by atoms with Crippen molar-refractivity contribution in [3.63, 3.8) is 0 Å². The molecule has 0 saturated carbocycles. The molecular formula is C25H25FN2O5S. The molecule has 0 aromatic heterocycles. The second kappa shape index (κ2) is 10.8. The fraction of sp³-hybridized carbons (Fsp3) is 0.240. The fourth-order valence-corrected chi connectivity index (χ4v) is 5.21. The standard InChI is InChI=1S/C25H25FN2O5S/c26-22-10-8-19(9-11-22)18-33-23-6-3-5-20(16-23)25(29)27-17-21-4-1-2-7-24(21)34(30,31)28-12-14-32-15-13-28/h1-11,16H,12-15,17-18H2,(H,27,29). The summed E-state index contributed by atoms with van der Waals surface area (Å²) in [5.41, 5.74) is 1.69. The van der Waals surface area contributed by atoms with Crippen molar-refractivity contribution in [3.8, 4) is 5.75 Å². The Bertz CT molecular complexity index is 1240. The van der Waals surface area contributed by atoms with Crippen LogP contribution in [-0.4, -0.2) is 44.9 Å². The van der Waals surface area contributed by atoms with Crippen LogP contribution >= 0.6 is 0 Å². The quantitative estimate of drug-likeness (QED) is 0.530. The van der Waals surface area contributed by atoms with Gasteiger partial charge in [0, 0.05) is 25.2 Å². The minimum atomic E-state index is -3.69. The molecule has 1 fully saturated rings. The van der Waals surface area contributed by atoms with Crippen LogP contribution in [0.2, 0.25) is 0 Å². The number of morpholine rings is 1. The minimum Gasteiger partial charge on any atom is -0.489 e. The molecule has 0 atom stereocenters. The van der Waals surface area contributed by atoms with E-state index in [1.54, 1.807) is 60.7 Å². The summed E-state index contributed by atoms with van der Waals surface area (Å²) in [6.07, 6.45) is 0. The Morgan fingerprint density at radius 1 is 1.00 bits per heavy atom. The molecule has 3 aromatic rings. The maximum absolute atomic E-state index is 13.1. The molecule has 1 saturated heterocycles. The third-order valence-electron chi connectivity index (χ3n) is 5.41. The predicted octanol–water partition coefficient (Wildman–Crippen LogP) is 3.36. The van der Waals surface area contributed by atoms with Crippen molar-refractivity contribution in [2.75, 3.05) is 26.3 Å². The zero-order valence-corrected chi connectivity index (χ0v) is 19.3. The number of nitrogens with one attached hydrogen (secondary N) is 1. The molecule has 1 aliphatic heterocycles. The maximum atomic E-state index is 13.1. The normalized spacial score (nSPS) is 14.5. The molecular weight excluding hydrogens is 459 g/mol. The molecule has 0 radical (unpaired) electrons. The van der Waals surface area contributed by atoms with Crippen LogP contribution in [0.15, 0.2) is 77.7 Å². The number of nitrogens with zero attached hydrogens (tertiary/aromatic N) is 1. The molecule has 9 heteroatoms. The van der Waals surface area contributed by atoms with Gasteiger partial charge in [0.15, 0.2) is 0 Å². The lowest BCUT2D eigenvalue weighted by Gasteiger charge is -2.27. The topological polar surface area (TPSA) is 84.9 Å². The van der Waals surface area contributed by atoms with E-state index in [0.717, 1.165) is 5.56 Å². The summed E-state index contributed by atoms with van der Waals surface area (Å²) in [7, 11) is -3.69. The number of sulfonamides is 1. The van der Waals surface area contributed by atoms with Gasteiger partial charge in [-0.3, -0.25) is 4.79 Å². The minimum absolute atomic E-state index is 0.0548. The molecule has 34 heavy (non-hydrogen) atoms. The Morgan fingerprint density at radius 3 is 2.50 bits per heavy atom. The van der Waals surface area contributed by atoms with Crippen molar-refractivity contribution in [3.05, 3.63) is 95.3 Å².